The molecule has 0 aromatic rings. The third kappa shape index (κ3) is 5.61. The van der Waals surface area contributed by atoms with Crippen molar-refractivity contribution in [2.24, 2.45) is 46.3 Å². The Labute approximate surface area is 266 Å². The number of carbonyl (C=O) groups is 1. The van der Waals surface area contributed by atoms with Gasteiger partial charge in [0.1, 0.15) is 42.7 Å². The molecule has 0 spiro atoms. The van der Waals surface area contributed by atoms with Crippen molar-refractivity contribution in [1.29, 1.82) is 0 Å². The zero-order valence-electron chi connectivity index (χ0n) is 27.6. The number of cyclic esters (lactones) is 1. The molecule has 5 rings (SSSR count). The predicted octanol–water partition coefficient (Wildman–Crippen LogP) is 1.28. The van der Waals surface area contributed by atoms with Crippen molar-refractivity contribution in [3.63, 3.8) is 0 Å². The third-order valence-electron chi connectivity index (χ3n) is 13.3. The monoisotopic (exact) mass is 640 g/mol. The van der Waals surface area contributed by atoms with Gasteiger partial charge in [0.15, 0.2) is 6.29 Å². The Morgan fingerprint density at radius 3 is 2.31 bits per heavy atom. The highest BCUT2D eigenvalue weighted by Crippen LogP contribution is 2.67. The zero-order chi connectivity index (χ0) is 33.2. The first-order chi connectivity index (χ1) is 21.0. The van der Waals surface area contributed by atoms with Gasteiger partial charge in [0, 0.05) is 11.8 Å². The van der Waals surface area contributed by atoms with Crippen molar-refractivity contribution in [3.8, 4) is 0 Å². The van der Waals surface area contributed by atoms with Gasteiger partial charge >= 0.3 is 5.97 Å². The number of rotatable bonds is 8. The normalized spacial score (nSPS) is 47.8. The van der Waals surface area contributed by atoms with E-state index in [4.69, 9.17) is 14.2 Å². The summed E-state index contributed by atoms with van der Waals surface area (Å²) in [6.07, 6.45) is -4.16. The molecule has 16 atom stereocenters. The van der Waals surface area contributed by atoms with Crippen LogP contribution < -0.4 is 0 Å². The van der Waals surface area contributed by atoms with Crippen molar-refractivity contribution in [2.75, 3.05) is 13.2 Å². The summed E-state index contributed by atoms with van der Waals surface area (Å²) in [5.74, 6) is -0.395. The maximum absolute atomic E-state index is 12.2. The van der Waals surface area contributed by atoms with Crippen molar-refractivity contribution in [1.82, 2.24) is 0 Å². The van der Waals surface area contributed by atoms with E-state index in [0.717, 1.165) is 31.3 Å². The van der Waals surface area contributed by atoms with Crippen LogP contribution in [0, 0.1) is 46.3 Å². The van der Waals surface area contributed by atoms with E-state index in [2.05, 4.69) is 6.92 Å². The molecule has 2 heterocycles. The summed E-state index contributed by atoms with van der Waals surface area (Å²) in [6, 6.07) is 0. The Balaban J connectivity index is 1.39. The van der Waals surface area contributed by atoms with E-state index in [1.165, 1.54) is 0 Å². The second-order valence-electron chi connectivity index (χ2n) is 15.7. The number of aliphatic hydroxyl groups excluding tert-OH is 6. The molecule has 11 heteroatoms. The van der Waals surface area contributed by atoms with Gasteiger partial charge in [-0.3, -0.25) is 4.79 Å². The van der Waals surface area contributed by atoms with E-state index in [1.54, 1.807) is 0 Å². The molecule has 0 aromatic heterocycles. The quantitative estimate of drug-likeness (QED) is 0.150. The summed E-state index contributed by atoms with van der Waals surface area (Å²) in [6.45, 7) is 11.5. The van der Waals surface area contributed by atoms with E-state index >= 15 is 0 Å². The minimum atomic E-state index is -1.58. The fourth-order valence-corrected chi connectivity index (χ4v) is 9.81. The number of hydrogen-bond donors (Lipinski definition) is 7. The number of esters is 1. The van der Waals surface area contributed by atoms with Crippen LogP contribution in [0.1, 0.15) is 80.1 Å². The first kappa shape index (κ1) is 35.2. The molecule has 11 nitrogen and oxygen atoms in total. The fourth-order valence-electron chi connectivity index (χ4n) is 9.81. The average molecular weight is 641 g/mol. The summed E-state index contributed by atoms with van der Waals surface area (Å²) < 4.78 is 17.3. The van der Waals surface area contributed by atoms with Crippen LogP contribution in [-0.2, 0) is 19.0 Å². The van der Waals surface area contributed by atoms with E-state index < -0.39 is 66.6 Å². The van der Waals surface area contributed by atoms with Gasteiger partial charge < -0.3 is 50.0 Å². The van der Waals surface area contributed by atoms with Crippen LogP contribution in [0.4, 0.5) is 0 Å². The smallest absolute Gasteiger partial charge is 0.305 e. The van der Waals surface area contributed by atoms with Crippen LogP contribution in [0.2, 0.25) is 0 Å². The van der Waals surface area contributed by atoms with E-state index in [1.807, 2.05) is 40.7 Å². The molecule has 0 amide bonds. The second kappa shape index (κ2) is 12.7. The predicted molar refractivity (Wildman–Crippen MR) is 162 cm³/mol. The topological polar surface area (TPSA) is 186 Å². The fraction of sp³-hybridized carbons (Fsp3) is 0.912. The molecular formula is C34H56O11. The molecule has 7 N–H and O–H groups in total. The first-order valence-electron chi connectivity index (χ1n) is 16.9. The summed E-state index contributed by atoms with van der Waals surface area (Å²) in [5.41, 5.74) is -1.32. The van der Waals surface area contributed by atoms with Gasteiger partial charge in [0.2, 0.25) is 0 Å². The molecule has 2 saturated carbocycles. The van der Waals surface area contributed by atoms with Gasteiger partial charge in [0.05, 0.1) is 18.8 Å². The first-order valence-corrected chi connectivity index (χ1v) is 16.9. The molecule has 0 radical (unpaired) electrons. The highest BCUT2D eigenvalue weighted by atomic mass is 16.7. The Kier molecular flexibility index (Phi) is 9.93. The number of ether oxygens (including phenoxy) is 3. The standard InChI is InChI=1S/C34H56O11/c1-16(2)17(3)30(45-31-29(41)28(40)27(39)23(14-35)44-31)26(38)18(4)20-7-8-21-19-13-24(36)34(42)15-43-25(37)10-12-33(34,6)22(19)9-11-32(20,21)5/h13,16-18,20-24,26-31,35-36,38-42H,7-12,14-15H2,1-6H3/t17-,18+,20-,21+,22+,23-,24+,26-,27-,28+,29+,30+,31+,32-,33-,34+/m1/s1. The van der Waals surface area contributed by atoms with Crippen molar-refractivity contribution in [2.45, 2.75) is 135 Å². The highest BCUT2D eigenvalue weighted by Gasteiger charge is 2.65. The van der Waals surface area contributed by atoms with E-state index in [9.17, 15) is 40.5 Å². The molecule has 2 saturated heterocycles. The van der Waals surface area contributed by atoms with Gasteiger partial charge in [-0.05, 0) is 73.0 Å². The Hall–Kier alpha value is -1.15. The molecule has 0 aromatic carbocycles. The molecule has 5 aliphatic rings. The lowest BCUT2D eigenvalue weighted by Crippen LogP contribution is -2.64. The Bertz CT molecular complexity index is 1110. The summed E-state index contributed by atoms with van der Waals surface area (Å²) in [7, 11) is 0. The van der Waals surface area contributed by atoms with Gasteiger partial charge in [-0.25, -0.2) is 0 Å². The molecule has 0 bridgehead atoms. The lowest BCUT2D eigenvalue weighted by Gasteiger charge is -2.59. The number of fused-ring (bicyclic) bond motifs is 5. The Morgan fingerprint density at radius 1 is 0.978 bits per heavy atom. The zero-order valence-corrected chi connectivity index (χ0v) is 27.6. The van der Waals surface area contributed by atoms with Crippen molar-refractivity contribution < 1.29 is 54.8 Å². The SMILES string of the molecule is CC(C)[C@@H](C)[C@H](O[C@@H]1O[C@H](CO)[C@@H](O)[C@H](O)[C@@H]1O)[C@H](O)[C@@H](C)[C@H]1CC[C@H]2C3=C[C@H](O)[C@@]4(O)COC(=O)CC[C@]4(C)[C@H]3CC[C@]12C. The van der Waals surface area contributed by atoms with Crippen LogP contribution >= 0.6 is 0 Å². The van der Waals surface area contributed by atoms with Gasteiger partial charge in [0.25, 0.3) is 0 Å². The van der Waals surface area contributed by atoms with Crippen LogP contribution in [0.15, 0.2) is 11.6 Å². The molecule has 45 heavy (non-hydrogen) atoms. The molecule has 2 aliphatic heterocycles. The van der Waals surface area contributed by atoms with Crippen LogP contribution in [-0.4, -0.2) is 110 Å². The second-order valence-corrected chi connectivity index (χ2v) is 15.7. The van der Waals surface area contributed by atoms with E-state index in [0.29, 0.717) is 6.42 Å². The summed E-state index contributed by atoms with van der Waals surface area (Å²) in [4.78, 5) is 12.2. The highest BCUT2D eigenvalue weighted by molar-refractivity contribution is 5.70. The third-order valence-corrected chi connectivity index (χ3v) is 13.3. The number of aliphatic hydroxyl groups is 7. The molecule has 258 valence electrons. The summed E-state index contributed by atoms with van der Waals surface area (Å²) >= 11 is 0. The molecule has 3 aliphatic carbocycles. The van der Waals surface area contributed by atoms with E-state index in [-0.39, 0.29) is 59.9 Å². The van der Waals surface area contributed by atoms with Crippen LogP contribution in [0.25, 0.3) is 0 Å². The molecular weight excluding hydrogens is 584 g/mol. The maximum Gasteiger partial charge on any atom is 0.305 e. The lowest BCUT2D eigenvalue weighted by atomic mass is 9.47. The lowest BCUT2D eigenvalue weighted by molar-refractivity contribution is -0.324. The largest absolute Gasteiger partial charge is 0.462 e. The number of carbonyl (C=O) groups excluding carboxylic acids is 1. The minimum absolute atomic E-state index is 0.000636. The average Bonchev–Trinajstić information content (AvgIpc) is 3.30. The maximum atomic E-state index is 12.2. The van der Waals surface area contributed by atoms with Crippen LogP contribution in [0.3, 0.4) is 0 Å². The molecule has 4 fully saturated rings. The number of allylic oxidation sites excluding steroid dienone is 1. The van der Waals surface area contributed by atoms with Gasteiger partial charge in [-0.1, -0.05) is 53.2 Å². The Morgan fingerprint density at radius 2 is 1.67 bits per heavy atom. The minimum Gasteiger partial charge on any atom is -0.462 e. The number of hydrogen-bond acceptors (Lipinski definition) is 11. The molecule has 0 unspecified atom stereocenters. The van der Waals surface area contributed by atoms with Gasteiger partial charge in [-0.15, -0.1) is 0 Å². The van der Waals surface area contributed by atoms with Gasteiger partial charge in [-0.2, -0.15) is 0 Å². The van der Waals surface area contributed by atoms with Crippen LogP contribution in [0.5, 0.6) is 0 Å². The van der Waals surface area contributed by atoms with Crippen molar-refractivity contribution >= 4 is 5.97 Å². The van der Waals surface area contributed by atoms with Crippen molar-refractivity contribution in [3.05, 3.63) is 11.6 Å². The summed E-state index contributed by atoms with van der Waals surface area (Å²) in [5, 5.41) is 76.1.